The first-order valence-electron chi connectivity index (χ1n) is 0.667. The summed E-state index contributed by atoms with van der Waals surface area (Å²) in [7, 11) is -5.17. The molecular weight excluding hydrogens is 134 g/mol. The van der Waals surface area contributed by atoms with Gasteiger partial charge >= 0.3 is 23.1 Å². The van der Waals surface area contributed by atoms with Gasteiger partial charge in [0.25, 0.3) is 0 Å². The summed E-state index contributed by atoms with van der Waals surface area (Å²) < 4.78 is 34.1. The number of hydrogen-bond acceptors (Lipinski definition) is 5. The maximum absolute atomic E-state index is 8.52. The maximum atomic E-state index is 8.52. The molecule has 0 fully saturated rings. The first-order valence-corrected chi connectivity index (χ1v) is 2.00. The van der Waals surface area contributed by atoms with Crippen molar-refractivity contribution in [2.24, 2.45) is 0 Å². The predicted octanol–water partition coefficient (Wildman–Crippen LogP) is -1.56. The molecule has 0 aliphatic rings. The first kappa shape index (κ1) is 15.6. The van der Waals surface area contributed by atoms with Gasteiger partial charge in [0.1, 0.15) is 0 Å². The Labute approximate surface area is 57.4 Å². The largest absolute Gasteiger partial charge is 2.00 e. The number of rotatable bonds is 0. The molecule has 0 aromatic rings. The zero-order valence-electron chi connectivity index (χ0n) is 3.46. The molecule has 0 aliphatic carbocycles. The quantitative estimate of drug-likeness (QED) is 0.246. The molecule has 0 aromatic carbocycles. The van der Waals surface area contributed by atoms with Crippen LogP contribution in [0.2, 0.25) is 0 Å². The molecule has 7 heavy (non-hydrogen) atoms. The molecule has 0 saturated carbocycles. The third-order valence-electron chi connectivity index (χ3n) is 0. The molecule has 3 N–H and O–H groups in total. The molecule has 0 unspecified atom stereocenters. The fourth-order valence-electron chi connectivity index (χ4n) is 0. The van der Waals surface area contributed by atoms with Gasteiger partial charge in [-0.1, -0.05) is 0 Å². The van der Waals surface area contributed by atoms with Crippen molar-refractivity contribution in [3.63, 3.8) is 0 Å². The standard InChI is InChI=1S/Mg.H3N.H2O4S/c;;1-5(2,3)4/h;1H3;(H2,1,2,3,4)/q+2;;/p-2. The van der Waals surface area contributed by atoms with Crippen LogP contribution in [0, 0.1) is 0 Å². The third-order valence-corrected chi connectivity index (χ3v) is 0. The second kappa shape index (κ2) is 4.75. The zero-order chi connectivity index (χ0) is 4.50. The molecular formula is H3MgNO4S. The van der Waals surface area contributed by atoms with E-state index in [-0.39, 0.29) is 29.2 Å². The van der Waals surface area contributed by atoms with Gasteiger partial charge in [0.05, 0.1) is 0 Å². The van der Waals surface area contributed by atoms with Crippen LogP contribution in [0.5, 0.6) is 0 Å². The van der Waals surface area contributed by atoms with E-state index in [9.17, 15) is 0 Å². The summed E-state index contributed by atoms with van der Waals surface area (Å²) in [4.78, 5) is 0. The van der Waals surface area contributed by atoms with Crippen molar-refractivity contribution in [3.05, 3.63) is 0 Å². The Hall–Kier alpha value is 0.596. The van der Waals surface area contributed by atoms with Crippen LogP contribution in [0.1, 0.15) is 0 Å². The van der Waals surface area contributed by atoms with E-state index in [1.165, 1.54) is 0 Å². The van der Waals surface area contributed by atoms with Crippen molar-refractivity contribution < 1.29 is 17.5 Å². The van der Waals surface area contributed by atoms with E-state index in [1.54, 1.807) is 0 Å². The fraction of sp³-hybridized carbons (Fsp3) is 0. The van der Waals surface area contributed by atoms with E-state index < -0.39 is 10.4 Å². The normalized spacial score (nSPS) is 8.29. The Morgan fingerprint density at radius 2 is 1.14 bits per heavy atom. The van der Waals surface area contributed by atoms with Crippen LogP contribution >= 0.6 is 0 Å². The van der Waals surface area contributed by atoms with Crippen molar-refractivity contribution in [1.29, 1.82) is 0 Å². The summed E-state index contributed by atoms with van der Waals surface area (Å²) in [5.74, 6) is 0. The van der Waals surface area contributed by atoms with E-state index in [1.807, 2.05) is 0 Å². The smallest absolute Gasteiger partial charge is 0.759 e. The van der Waals surface area contributed by atoms with Crippen LogP contribution in [-0.4, -0.2) is 40.6 Å². The van der Waals surface area contributed by atoms with Gasteiger partial charge in [-0.25, -0.2) is 0 Å². The molecule has 0 aliphatic heterocycles. The van der Waals surface area contributed by atoms with Gasteiger partial charge in [-0.3, -0.25) is 8.42 Å². The van der Waals surface area contributed by atoms with Crippen LogP contribution in [0.15, 0.2) is 0 Å². The SMILES string of the molecule is N.O=S(=O)([O-])[O-].[Mg+2]. The van der Waals surface area contributed by atoms with Gasteiger partial charge in [0, 0.05) is 10.4 Å². The summed E-state index contributed by atoms with van der Waals surface area (Å²) in [6.07, 6.45) is 0. The van der Waals surface area contributed by atoms with Gasteiger partial charge in [-0.05, 0) is 0 Å². The van der Waals surface area contributed by atoms with E-state index in [4.69, 9.17) is 17.5 Å². The molecule has 0 atom stereocenters. The molecule has 5 nitrogen and oxygen atoms in total. The van der Waals surface area contributed by atoms with Crippen molar-refractivity contribution in [2.45, 2.75) is 0 Å². The van der Waals surface area contributed by atoms with Gasteiger partial charge in [-0.15, -0.1) is 0 Å². The van der Waals surface area contributed by atoms with Crippen LogP contribution in [0.25, 0.3) is 0 Å². The zero-order valence-corrected chi connectivity index (χ0v) is 5.69. The molecule has 0 radical (unpaired) electrons. The van der Waals surface area contributed by atoms with Crippen molar-refractivity contribution in [2.75, 3.05) is 0 Å². The monoisotopic (exact) mass is 137 g/mol. The summed E-state index contributed by atoms with van der Waals surface area (Å²) in [5, 5.41) is 0. The van der Waals surface area contributed by atoms with Crippen molar-refractivity contribution in [1.82, 2.24) is 6.15 Å². The number of hydrogen-bond donors (Lipinski definition) is 1. The van der Waals surface area contributed by atoms with Crippen LogP contribution in [0.3, 0.4) is 0 Å². The molecule has 7 heteroatoms. The van der Waals surface area contributed by atoms with E-state index in [0.717, 1.165) is 0 Å². The second-order valence-corrected chi connectivity index (χ2v) is 1.22. The first-order chi connectivity index (χ1) is 2.00. The van der Waals surface area contributed by atoms with Crippen LogP contribution < -0.4 is 6.15 Å². The average molecular weight is 137 g/mol. The summed E-state index contributed by atoms with van der Waals surface area (Å²) in [5.41, 5.74) is 0. The van der Waals surface area contributed by atoms with Gasteiger partial charge < -0.3 is 15.3 Å². The molecule has 0 aromatic heterocycles. The third kappa shape index (κ3) is 392. The molecule has 0 rings (SSSR count). The van der Waals surface area contributed by atoms with E-state index in [0.29, 0.717) is 0 Å². The molecule has 0 amide bonds. The Balaban J connectivity index is -0.0000000800. The molecule has 0 spiro atoms. The summed E-state index contributed by atoms with van der Waals surface area (Å²) in [6.45, 7) is 0. The van der Waals surface area contributed by atoms with Gasteiger partial charge in [0.2, 0.25) is 0 Å². The summed E-state index contributed by atoms with van der Waals surface area (Å²) in [6, 6.07) is 0. The molecule has 40 valence electrons. The Morgan fingerprint density at radius 1 is 1.14 bits per heavy atom. The molecule has 0 bridgehead atoms. The van der Waals surface area contributed by atoms with Crippen molar-refractivity contribution >= 4 is 33.5 Å². The molecule has 0 saturated heterocycles. The fourth-order valence-corrected chi connectivity index (χ4v) is 0. The van der Waals surface area contributed by atoms with Gasteiger partial charge in [0.15, 0.2) is 0 Å². The van der Waals surface area contributed by atoms with Crippen LogP contribution in [0.4, 0.5) is 0 Å². The van der Waals surface area contributed by atoms with Gasteiger partial charge in [-0.2, -0.15) is 0 Å². The van der Waals surface area contributed by atoms with Crippen LogP contribution in [-0.2, 0) is 10.4 Å². The second-order valence-electron chi connectivity index (χ2n) is 0.408. The Morgan fingerprint density at radius 3 is 1.14 bits per heavy atom. The van der Waals surface area contributed by atoms with E-state index >= 15 is 0 Å². The molecule has 0 heterocycles. The minimum atomic E-state index is -5.17. The maximum Gasteiger partial charge on any atom is 2.00 e. The minimum absolute atomic E-state index is 0. The Bertz CT molecular complexity index is 94.9. The topological polar surface area (TPSA) is 115 Å². The predicted molar refractivity (Wildman–Crippen MR) is 21.3 cm³/mol. The Kier molecular flexibility index (Phi) is 10.6. The average Bonchev–Trinajstić information content (AvgIpc) is 0.722. The van der Waals surface area contributed by atoms with Crippen molar-refractivity contribution in [3.8, 4) is 0 Å². The van der Waals surface area contributed by atoms with E-state index in [2.05, 4.69) is 0 Å². The minimum Gasteiger partial charge on any atom is -0.759 e. The summed E-state index contributed by atoms with van der Waals surface area (Å²) >= 11 is 0.